The first-order chi connectivity index (χ1) is 9.35. The Morgan fingerprint density at radius 3 is 2.45 bits per heavy atom. The second-order valence-corrected chi connectivity index (χ2v) is 5.81. The van der Waals surface area contributed by atoms with Crippen LogP contribution in [-0.4, -0.2) is 15.9 Å². The van der Waals surface area contributed by atoms with Gasteiger partial charge in [0.2, 0.25) is 5.91 Å². The summed E-state index contributed by atoms with van der Waals surface area (Å²) >= 11 is 6.24. The van der Waals surface area contributed by atoms with E-state index < -0.39 is 5.91 Å². The van der Waals surface area contributed by atoms with Gasteiger partial charge in [0, 0.05) is 16.5 Å². The molecule has 0 atom stereocenters. The number of H-pyrrole nitrogens is 1. The second-order valence-electron chi connectivity index (χ2n) is 5.43. The predicted octanol–water partition coefficient (Wildman–Crippen LogP) is 3.52. The van der Waals surface area contributed by atoms with Crippen LogP contribution in [0.25, 0.3) is 11.3 Å². The number of hydrogen-bond donors (Lipinski definition) is 2. The van der Waals surface area contributed by atoms with Crippen molar-refractivity contribution in [2.75, 3.05) is 0 Å². The van der Waals surface area contributed by atoms with Crippen LogP contribution in [0.3, 0.4) is 0 Å². The number of primary amides is 1. The van der Waals surface area contributed by atoms with Crippen LogP contribution >= 0.6 is 11.6 Å². The highest BCUT2D eigenvalue weighted by molar-refractivity contribution is 6.31. The molecule has 0 spiro atoms. The molecule has 2 aromatic rings. The summed E-state index contributed by atoms with van der Waals surface area (Å²) in [5, 5.41) is 0.508. The van der Waals surface area contributed by atoms with E-state index in [1.807, 2.05) is 0 Å². The smallest absolute Gasteiger partial charge is 0.248 e. The van der Waals surface area contributed by atoms with E-state index in [1.54, 1.807) is 24.3 Å². The first kappa shape index (κ1) is 14.6. The first-order valence-electron chi connectivity index (χ1n) is 6.51. The molecule has 0 saturated carbocycles. The Morgan fingerprint density at radius 1 is 1.35 bits per heavy atom. The van der Waals surface area contributed by atoms with Crippen molar-refractivity contribution in [2.45, 2.75) is 32.6 Å². The molecule has 1 aromatic carbocycles. The van der Waals surface area contributed by atoms with Crippen LogP contribution in [0.1, 0.15) is 43.4 Å². The molecule has 3 N–H and O–H groups in total. The number of aromatic nitrogens is 2. The number of aromatic amines is 1. The quantitative estimate of drug-likeness (QED) is 0.904. The van der Waals surface area contributed by atoms with Gasteiger partial charge in [-0.2, -0.15) is 0 Å². The van der Waals surface area contributed by atoms with E-state index >= 15 is 0 Å². The number of nitrogens with two attached hydrogens (primary N) is 1. The van der Waals surface area contributed by atoms with Gasteiger partial charge >= 0.3 is 0 Å². The lowest BCUT2D eigenvalue weighted by Gasteiger charge is -2.19. The summed E-state index contributed by atoms with van der Waals surface area (Å²) in [7, 11) is 0. The average Bonchev–Trinajstić information content (AvgIpc) is 2.81. The van der Waals surface area contributed by atoms with Gasteiger partial charge in [0.05, 0.1) is 0 Å². The summed E-state index contributed by atoms with van der Waals surface area (Å²) in [6, 6.07) is 6.94. The summed E-state index contributed by atoms with van der Waals surface area (Å²) in [6.07, 6.45) is 0.955. The summed E-state index contributed by atoms with van der Waals surface area (Å²) < 4.78 is 0. The number of nitrogens with one attached hydrogen (secondary N) is 1. The van der Waals surface area contributed by atoms with Crippen LogP contribution in [0.4, 0.5) is 0 Å². The van der Waals surface area contributed by atoms with E-state index in [1.165, 1.54) is 0 Å². The van der Waals surface area contributed by atoms with Gasteiger partial charge in [-0.25, -0.2) is 4.98 Å². The Hall–Kier alpha value is -1.81. The average molecular weight is 292 g/mol. The minimum absolute atomic E-state index is 0.0605. The molecule has 1 aromatic heterocycles. The van der Waals surface area contributed by atoms with Crippen molar-refractivity contribution in [3.05, 3.63) is 40.8 Å². The minimum Gasteiger partial charge on any atom is -0.366 e. The molecule has 0 aliphatic heterocycles. The van der Waals surface area contributed by atoms with Crippen molar-refractivity contribution in [3.63, 3.8) is 0 Å². The Labute approximate surface area is 123 Å². The van der Waals surface area contributed by atoms with Gasteiger partial charge in [-0.1, -0.05) is 44.5 Å². The highest BCUT2D eigenvalue weighted by Crippen LogP contribution is 2.31. The molecule has 0 unspecified atom stereocenters. The molecular weight excluding hydrogens is 274 g/mol. The number of carbonyl (C=O) groups is 1. The Bertz CT molecular complexity index is 629. The van der Waals surface area contributed by atoms with E-state index in [0.29, 0.717) is 16.4 Å². The maximum atomic E-state index is 11.1. The number of rotatable bonds is 4. The first-order valence-corrected chi connectivity index (χ1v) is 6.89. The fraction of sp³-hybridized carbons (Fsp3) is 0.333. The Morgan fingerprint density at radius 2 is 1.95 bits per heavy atom. The number of benzene rings is 1. The summed E-state index contributed by atoms with van der Waals surface area (Å²) in [5.74, 6) is 0.413. The van der Waals surface area contributed by atoms with Gasteiger partial charge in [0.15, 0.2) is 0 Å². The zero-order valence-corrected chi connectivity index (χ0v) is 12.6. The van der Waals surface area contributed by atoms with Crippen molar-refractivity contribution >= 4 is 17.5 Å². The highest BCUT2D eigenvalue weighted by atomic mass is 35.5. The molecular formula is C15H18ClN3O. The molecule has 0 aliphatic carbocycles. The fourth-order valence-electron chi connectivity index (χ4n) is 1.82. The molecule has 0 aliphatic rings. The monoisotopic (exact) mass is 291 g/mol. The minimum atomic E-state index is -0.447. The lowest BCUT2D eigenvalue weighted by Crippen LogP contribution is -2.17. The van der Waals surface area contributed by atoms with E-state index in [-0.39, 0.29) is 5.41 Å². The SMILES string of the molecule is CCC(C)(C)c1nc(-c2ccc(C(N)=O)cc2)c(Cl)[nH]1. The van der Waals surface area contributed by atoms with E-state index in [9.17, 15) is 4.79 Å². The zero-order chi connectivity index (χ0) is 14.9. The van der Waals surface area contributed by atoms with Gasteiger partial charge in [0.25, 0.3) is 0 Å². The van der Waals surface area contributed by atoms with Gasteiger partial charge in [-0.15, -0.1) is 0 Å². The number of nitrogens with zero attached hydrogens (tertiary/aromatic N) is 1. The molecule has 0 bridgehead atoms. The van der Waals surface area contributed by atoms with Gasteiger partial charge < -0.3 is 10.7 Å². The van der Waals surface area contributed by atoms with Gasteiger partial charge in [0.1, 0.15) is 16.7 Å². The van der Waals surface area contributed by atoms with Crippen LogP contribution in [0.15, 0.2) is 24.3 Å². The van der Waals surface area contributed by atoms with Crippen LogP contribution in [0.5, 0.6) is 0 Å². The second kappa shape index (κ2) is 5.29. The van der Waals surface area contributed by atoms with Crippen LogP contribution < -0.4 is 5.73 Å². The Balaban J connectivity index is 2.41. The van der Waals surface area contributed by atoms with Crippen molar-refractivity contribution in [1.82, 2.24) is 9.97 Å². The number of amides is 1. The van der Waals surface area contributed by atoms with Gasteiger partial charge in [-0.3, -0.25) is 4.79 Å². The highest BCUT2D eigenvalue weighted by Gasteiger charge is 2.24. The van der Waals surface area contributed by atoms with Crippen molar-refractivity contribution in [1.29, 1.82) is 0 Å². The van der Waals surface area contributed by atoms with Crippen LogP contribution in [0.2, 0.25) is 5.15 Å². The van der Waals surface area contributed by atoms with Crippen LogP contribution in [0, 0.1) is 0 Å². The molecule has 1 heterocycles. The Kier molecular flexibility index (Phi) is 3.86. The molecule has 0 fully saturated rings. The van der Waals surface area contributed by atoms with E-state index in [2.05, 4.69) is 30.7 Å². The largest absolute Gasteiger partial charge is 0.366 e. The molecule has 106 valence electrons. The molecule has 2 rings (SSSR count). The number of hydrogen-bond acceptors (Lipinski definition) is 2. The topological polar surface area (TPSA) is 71.8 Å². The van der Waals surface area contributed by atoms with Crippen LogP contribution in [-0.2, 0) is 5.41 Å². The molecule has 0 saturated heterocycles. The maximum Gasteiger partial charge on any atom is 0.248 e. The molecule has 20 heavy (non-hydrogen) atoms. The normalized spacial score (nSPS) is 11.6. The number of imidazole rings is 1. The molecule has 5 heteroatoms. The van der Waals surface area contributed by atoms with Crippen molar-refractivity contribution in [2.24, 2.45) is 5.73 Å². The molecule has 1 amide bonds. The number of carbonyl (C=O) groups excluding carboxylic acids is 1. The lowest BCUT2D eigenvalue weighted by molar-refractivity contribution is 0.100. The summed E-state index contributed by atoms with van der Waals surface area (Å²) in [6.45, 7) is 6.34. The van der Waals surface area contributed by atoms with Crippen molar-refractivity contribution in [3.8, 4) is 11.3 Å². The summed E-state index contributed by atoms with van der Waals surface area (Å²) in [5.41, 5.74) is 7.18. The third-order valence-corrected chi connectivity index (χ3v) is 3.90. The predicted molar refractivity (Wildman–Crippen MR) is 80.9 cm³/mol. The maximum absolute atomic E-state index is 11.1. The summed E-state index contributed by atoms with van der Waals surface area (Å²) in [4.78, 5) is 18.8. The molecule has 0 radical (unpaired) electrons. The van der Waals surface area contributed by atoms with E-state index in [4.69, 9.17) is 17.3 Å². The molecule has 4 nitrogen and oxygen atoms in total. The fourth-order valence-corrected chi connectivity index (χ4v) is 2.06. The van der Waals surface area contributed by atoms with Crippen molar-refractivity contribution < 1.29 is 4.79 Å². The third-order valence-electron chi connectivity index (χ3n) is 3.63. The standard InChI is InChI=1S/C15H18ClN3O/c1-4-15(2,3)14-18-11(12(16)19-14)9-5-7-10(8-6-9)13(17)20/h5-8H,4H2,1-3H3,(H2,17,20)(H,18,19). The third kappa shape index (κ3) is 2.70. The number of halogens is 1. The zero-order valence-electron chi connectivity index (χ0n) is 11.8. The lowest BCUT2D eigenvalue weighted by atomic mass is 9.89. The van der Waals surface area contributed by atoms with E-state index in [0.717, 1.165) is 17.8 Å². The van der Waals surface area contributed by atoms with Gasteiger partial charge in [-0.05, 0) is 18.6 Å².